The number of rotatable bonds is 5. The summed E-state index contributed by atoms with van der Waals surface area (Å²) in [5, 5.41) is 3.03. The Kier molecular flexibility index (Phi) is 4.60. The molecule has 4 nitrogen and oxygen atoms in total. The Bertz CT molecular complexity index is 700. The van der Waals surface area contributed by atoms with Gasteiger partial charge in [-0.25, -0.2) is 0 Å². The molecule has 23 heavy (non-hydrogen) atoms. The molecule has 1 aliphatic carbocycles. The second-order valence-corrected chi connectivity index (χ2v) is 6.10. The lowest BCUT2D eigenvalue weighted by Gasteiger charge is -2.22. The van der Waals surface area contributed by atoms with Crippen molar-refractivity contribution in [3.8, 4) is 0 Å². The van der Waals surface area contributed by atoms with Crippen LogP contribution in [0.5, 0.6) is 0 Å². The van der Waals surface area contributed by atoms with Crippen molar-refractivity contribution < 1.29 is 14.0 Å². The number of amides is 1. The molecule has 0 spiro atoms. The van der Waals surface area contributed by atoms with Gasteiger partial charge in [-0.15, -0.1) is 0 Å². The van der Waals surface area contributed by atoms with Crippen LogP contribution in [0, 0.1) is 6.92 Å². The van der Waals surface area contributed by atoms with E-state index >= 15 is 0 Å². The number of carbonyl (C=O) groups excluding carboxylic acids is 2. The number of fused-ring (bicyclic) bond motifs is 1. The molecular formula is C19H21NO3. The van der Waals surface area contributed by atoms with Gasteiger partial charge in [-0.3, -0.25) is 9.59 Å². The van der Waals surface area contributed by atoms with Crippen molar-refractivity contribution in [1.29, 1.82) is 0 Å². The van der Waals surface area contributed by atoms with Crippen molar-refractivity contribution in [1.82, 2.24) is 5.32 Å². The predicted octanol–water partition coefficient (Wildman–Crippen LogP) is 3.74. The lowest BCUT2D eigenvalue weighted by molar-refractivity contribution is -0.121. The summed E-state index contributed by atoms with van der Waals surface area (Å²) in [5.41, 5.74) is 2.86. The molecule has 2 aromatic rings. The molecule has 0 saturated carbocycles. The predicted molar refractivity (Wildman–Crippen MR) is 87.3 cm³/mol. The quantitative estimate of drug-likeness (QED) is 0.856. The van der Waals surface area contributed by atoms with Crippen LogP contribution in [0.15, 0.2) is 41.0 Å². The smallest absolute Gasteiger partial charge is 0.220 e. The molecule has 0 aliphatic heterocycles. The summed E-state index contributed by atoms with van der Waals surface area (Å²) in [4.78, 5) is 24.3. The monoisotopic (exact) mass is 311 g/mol. The van der Waals surface area contributed by atoms with Crippen LogP contribution in [0.25, 0.3) is 0 Å². The highest BCUT2D eigenvalue weighted by molar-refractivity contribution is 5.98. The number of carbonyl (C=O) groups is 2. The summed E-state index contributed by atoms with van der Waals surface area (Å²) in [6.07, 6.45) is 4.99. The first kappa shape index (κ1) is 15.5. The summed E-state index contributed by atoms with van der Waals surface area (Å²) >= 11 is 0. The van der Waals surface area contributed by atoms with Crippen LogP contribution in [-0.2, 0) is 11.2 Å². The minimum Gasteiger partial charge on any atom is -0.469 e. The fourth-order valence-electron chi connectivity index (χ4n) is 3.01. The number of nitrogens with one attached hydrogen (secondary N) is 1. The Morgan fingerprint density at radius 1 is 1.17 bits per heavy atom. The minimum absolute atomic E-state index is 0.00722. The molecule has 0 fully saturated rings. The third-order valence-electron chi connectivity index (χ3n) is 4.34. The maximum absolute atomic E-state index is 12.1. The van der Waals surface area contributed by atoms with Crippen LogP contribution in [0.2, 0.25) is 0 Å². The Morgan fingerprint density at radius 2 is 1.96 bits per heavy atom. The third kappa shape index (κ3) is 3.70. The molecule has 0 radical (unpaired) electrons. The van der Waals surface area contributed by atoms with Crippen LogP contribution in [0.1, 0.15) is 59.0 Å². The first-order valence-electron chi connectivity index (χ1n) is 8.09. The molecular weight excluding hydrogens is 290 g/mol. The fourth-order valence-corrected chi connectivity index (χ4v) is 3.01. The molecule has 4 heteroatoms. The van der Waals surface area contributed by atoms with E-state index in [-0.39, 0.29) is 30.6 Å². The van der Waals surface area contributed by atoms with Gasteiger partial charge in [-0.1, -0.05) is 29.8 Å². The largest absolute Gasteiger partial charge is 0.469 e. The standard InChI is InChI=1S/C19H21NO3/c1-13-5-7-14(8-6-13)17(21)9-10-19(22)20-16-3-2-4-18-15(16)11-12-23-18/h5-8,11-12,16H,2-4,9-10H2,1H3,(H,20,22). The van der Waals surface area contributed by atoms with E-state index in [1.54, 1.807) is 6.26 Å². The van der Waals surface area contributed by atoms with E-state index in [2.05, 4.69) is 5.32 Å². The molecule has 1 aromatic carbocycles. The number of hydrogen-bond donors (Lipinski definition) is 1. The summed E-state index contributed by atoms with van der Waals surface area (Å²) < 4.78 is 5.43. The van der Waals surface area contributed by atoms with Crippen LogP contribution in [0.3, 0.4) is 0 Å². The van der Waals surface area contributed by atoms with Crippen molar-refractivity contribution >= 4 is 11.7 Å². The van der Waals surface area contributed by atoms with Crippen molar-refractivity contribution in [3.63, 3.8) is 0 Å². The molecule has 120 valence electrons. The van der Waals surface area contributed by atoms with Gasteiger partial charge in [-0.2, -0.15) is 0 Å². The zero-order chi connectivity index (χ0) is 16.2. The SMILES string of the molecule is Cc1ccc(C(=O)CCC(=O)NC2CCCc3occc32)cc1. The Hall–Kier alpha value is -2.36. The molecule has 1 aliphatic rings. The maximum Gasteiger partial charge on any atom is 0.220 e. The minimum atomic E-state index is -0.0792. The topological polar surface area (TPSA) is 59.3 Å². The van der Waals surface area contributed by atoms with Gasteiger partial charge in [0.15, 0.2) is 5.78 Å². The van der Waals surface area contributed by atoms with Gasteiger partial charge in [0.05, 0.1) is 12.3 Å². The molecule has 0 bridgehead atoms. The lowest BCUT2D eigenvalue weighted by Crippen LogP contribution is -2.30. The molecule has 3 rings (SSSR count). The molecule has 1 atom stereocenters. The zero-order valence-corrected chi connectivity index (χ0v) is 13.3. The number of Topliss-reactive ketones (excluding diaryl/α,β-unsaturated/α-hetero) is 1. The van der Waals surface area contributed by atoms with E-state index in [1.165, 1.54) is 0 Å². The van der Waals surface area contributed by atoms with Gasteiger partial charge < -0.3 is 9.73 Å². The number of ketones is 1. The van der Waals surface area contributed by atoms with E-state index in [0.717, 1.165) is 36.1 Å². The fraction of sp³-hybridized carbons (Fsp3) is 0.368. The average molecular weight is 311 g/mol. The first-order chi connectivity index (χ1) is 11.1. The Morgan fingerprint density at radius 3 is 2.74 bits per heavy atom. The highest BCUT2D eigenvalue weighted by atomic mass is 16.3. The van der Waals surface area contributed by atoms with Gasteiger partial charge in [0.1, 0.15) is 5.76 Å². The second kappa shape index (κ2) is 6.82. The van der Waals surface area contributed by atoms with E-state index in [4.69, 9.17) is 4.42 Å². The van der Waals surface area contributed by atoms with Crippen LogP contribution >= 0.6 is 0 Å². The van der Waals surface area contributed by atoms with E-state index in [0.29, 0.717) is 5.56 Å². The molecule has 0 saturated heterocycles. The van der Waals surface area contributed by atoms with Crippen molar-refractivity contribution in [3.05, 3.63) is 59.0 Å². The van der Waals surface area contributed by atoms with Gasteiger partial charge in [-0.05, 0) is 25.8 Å². The number of benzene rings is 1. The highest BCUT2D eigenvalue weighted by Gasteiger charge is 2.24. The third-order valence-corrected chi connectivity index (χ3v) is 4.34. The summed E-state index contributed by atoms with van der Waals surface area (Å²) in [7, 11) is 0. The molecule has 1 aromatic heterocycles. The normalized spacial score (nSPS) is 16.7. The Labute approximate surface area is 135 Å². The second-order valence-electron chi connectivity index (χ2n) is 6.10. The number of furan rings is 1. The van der Waals surface area contributed by atoms with E-state index in [1.807, 2.05) is 37.3 Å². The summed E-state index contributed by atoms with van der Waals surface area (Å²) in [6, 6.07) is 9.39. The summed E-state index contributed by atoms with van der Waals surface area (Å²) in [6.45, 7) is 1.98. The molecule has 1 amide bonds. The van der Waals surface area contributed by atoms with Crippen molar-refractivity contribution in [2.75, 3.05) is 0 Å². The molecule has 1 unspecified atom stereocenters. The number of aryl methyl sites for hydroxylation is 2. The van der Waals surface area contributed by atoms with E-state index < -0.39 is 0 Å². The lowest BCUT2D eigenvalue weighted by atomic mass is 9.93. The van der Waals surface area contributed by atoms with E-state index in [9.17, 15) is 9.59 Å². The van der Waals surface area contributed by atoms with Crippen LogP contribution in [0.4, 0.5) is 0 Å². The van der Waals surface area contributed by atoms with Crippen molar-refractivity contribution in [2.45, 2.75) is 45.1 Å². The van der Waals surface area contributed by atoms with Crippen molar-refractivity contribution in [2.24, 2.45) is 0 Å². The average Bonchev–Trinajstić information content (AvgIpc) is 3.03. The first-order valence-corrected chi connectivity index (χ1v) is 8.09. The van der Waals surface area contributed by atoms with Gasteiger partial charge >= 0.3 is 0 Å². The maximum atomic E-state index is 12.1. The Balaban J connectivity index is 1.52. The van der Waals surface area contributed by atoms with Gasteiger partial charge in [0, 0.05) is 30.4 Å². The van der Waals surface area contributed by atoms with Crippen LogP contribution < -0.4 is 5.32 Å². The van der Waals surface area contributed by atoms with Gasteiger partial charge in [0.2, 0.25) is 5.91 Å². The molecule has 1 heterocycles. The molecule has 1 N–H and O–H groups in total. The van der Waals surface area contributed by atoms with Gasteiger partial charge in [0.25, 0.3) is 0 Å². The van der Waals surface area contributed by atoms with Crippen LogP contribution in [-0.4, -0.2) is 11.7 Å². The zero-order valence-electron chi connectivity index (χ0n) is 13.3. The number of hydrogen-bond acceptors (Lipinski definition) is 3. The highest BCUT2D eigenvalue weighted by Crippen LogP contribution is 2.30. The summed E-state index contributed by atoms with van der Waals surface area (Å²) in [5.74, 6) is 0.898.